The molecule has 3 rings (SSSR count). The van der Waals surface area contributed by atoms with Gasteiger partial charge in [-0.25, -0.2) is 0 Å². The van der Waals surface area contributed by atoms with Gasteiger partial charge in [-0.05, 0) is 50.3 Å². The Hall–Kier alpha value is -1.72. The van der Waals surface area contributed by atoms with Gasteiger partial charge in [0.05, 0.1) is 12.7 Å². The van der Waals surface area contributed by atoms with Crippen molar-refractivity contribution in [3.63, 3.8) is 0 Å². The predicted molar refractivity (Wildman–Crippen MR) is 137 cm³/mol. The third kappa shape index (κ3) is 9.03. The minimum atomic E-state index is 0. The quantitative estimate of drug-likeness (QED) is 0.178. The zero-order valence-electron chi connectivity index (χ0n) is 19.1. The summed E-state index contributed by atoms with van der Waals surface area (Å²) in [5.41, 5.74) is 2.19. The van der Waals surface area contributed by atoms with E-state index in [2.05, 4.69) is 44.8 Å². The standard InChI is InChI=1S/C23H35N5O3.HI/c1-3-21-27-22(31-28-21)19-10-8-18(9-11-19)12-14-26-23(24-4-2)25-13-6-15-29-17-20-7-5-16-30-20;/h8-11,20H,3-7,12-17H2,1-2H3,(H2,24,25,26);1H. The number of rotatable bonds is 12. The molecule has 2 N–H and O–H groups in total. The van der Waals surface area contributed by atoms with E-state index in [1.54, 1.807) is 0 Å². The van der Waals surface area contributed by atoms with Crippen LogP contribution in [0.1, 0.15) is 44.5 Å². The predicted octanol–water partition coefficient (Wildman–Crippen LogP) is 3.60. The van der Waals surface area contributed by atoms with Crippen molar-refractivity contribution in [2.24, 2.45) is 4.99 Å². The average Bonchev–Trinajstić information content (AvgIpc) is 3.48. The molecule has 1 saturated heterocycles. The number of halogens is 1. The fourth-order valence-electron chi connectivity index (χ4n) is 3.34. The highest BCUT2D eigenvalue weighted by molar-refractivity contribution is 14.0. The molecule has 8 nitrogen and oxygen atoms in total. The maximum absolute atomic E-state index is 5.70. The second kappa shape index (κ2) is 15.2. The zero-order chi connectivity index (χ0) is 21.7. The fourth-order valence-corrected chi connectivity index (χ4v) is 3.34. The number of hydrogen-bond acceptors (Lipinski definition) is 6. The molecule has 1 atom stereocenters. The fraction of sp³-hybridized carbons (Fsp3) is 0.609. The number of nitrogens with zero attached hydrogens (tertiary/aromatic N) is 3. The molecule has 0 bridgehead atoms. The Kier molecular flexibility index (Phi) is 12.6. The minimum Gasteiger partial charge on any atom is -0.379 e. The lowest BCUT2D eigenvalue weighted by Crippen LogP contribution is -2.38. The van der Waals surface area contributed by atoms with Crippen LogP contribution in [-0.2, 0) is 22.3 Å². The maximum Gasteiger partial charge on any atom is 0.257 e. The third-order valence-electron chi connectivity index (χ3n) is 5.08. The molecular formula is C23H36IN5O3. The van der Waals surface area contributed by atoms with E-state index in [1.807, 2.05) is 19.1 Å². The van der Waals surface area contributed by atoms with Crippen LogP contribution < -0.4 is 10.6 Å². The molecule has 0 spiro atoms. The van der Waals surface area contributed by atoms with Crippen molar-refractivity contribution < 1.29 is 14.0 Å². The second-order valence-corrected chi connectivity index (χ2v) is 7.57. The highest BCUT2D eigenvalue weighted by atomic mass is 127. The molecule has 178 valence electrons. The summed E-state index contributed by atoms with van der Waals surface area (Å²) in [4.78, 5) is 9.01. The van der Waals surface area contributed by atoms with Gasteiger partial charge in [0.15, 0.2) is 11.8 Å². The van der Waals surface area contributed by atoms with Gasteiger partial charge in [-0.3, -0.25) is 4.99 Å². The highest BCUT2D eigenvalue weighted by Crippen LogP contribution is 2.18. The van der Waals surface area contributed by atoms with E-state index in [0.29, 0.717) is 12.5 Å². The molecular weight excluding hydrogens is 521 g/mol. The highest BCUT2D eigenvalue weighted by Gasteiger charge is 2.14. The summed E-state index contributed by atoms with van der Waals surface area (Å²) >= 11 is 0. The molecule has 9 heteroatoms. The molecule has 2 aromatic rings. The van der Waals surface area contributed by atoms with Crippen molar-refractivity contribution in [1.82, 2.24) is 20.8 Å². The van der Waals surface area contributed by atoms with Crippen LogP contribution >= 0.6 is 24.0 Å². The summed E-state index contributed by atoms with van der Waals surface area (Å²) in [6, 6.07) is 8.25. The van der Waals surface area contributed by atoms with Crippen molar-refractivity contribution in [1.29, 1.82) is 0 Å². The molecule has 0 radical (unpaired) electrons. The van der Waals surface area contributed by atoms with E-state index in [9.17, 15) is 0 Å². The number of guanidine groups is 1. The van der Waals surface area contributed by atoms with Crippen LogP contribution in [0.5, 0.6) is 0 Å². The first-order valence-electron chi connectivity index (χ1n) is 11.4. The monoisotopic (exact) mass is 557 g/mol. The molecule has 1 unspecified atom stereocenters. The van der Waals surface area contributed by atoms with Crippen molar-refractivity contribution in [3.05, 3.63) is 35.7 Å². The van der Waals surface area contributed by atoms with Crippen LogP contribution in [0.3, 0.4) is 0 Å². The Morgan fingerprint density at radius 2 is 2.06 bits per heavy atom. The summed E-state index contributed by atoms with van der Waals surface area (Å²) in [6.45, 7) is 8.75. The smallest absolute Gasteiger partial charge is 0.257 e. The number of hydrogen-bond donors (Lipinski definition) is 2. The van der Waals surface area contributed by atoms with Crippen molar-refractivity contribution in [2.75, 3.05) is 39.5 Å². The van der Waals surface area contributed by atoms with E-state index in [1.165, 1.54) is 5.56 Å². The van der Waals surface area contributed by atoms with E-state index in [-0.39, 0.29) is 30.1 Å². The average molecular weight is 557 g/mol. The van der Waals surface area contributed by atoms with E-state index in [0.717, 1.165) is 82.3 Å². The Morgan fingerprint density at radius 1 is 1.22 bits per heavy atom. The van der Waals surface area contributed by atoms with Crippen LogP contribution in [0.25, 0.3) is 11.5 Å². The Morgan fingerprint density at radius 3 is 2.75 bits per heavy atom. The van der Waals surface area contributed by atoms with E-state index >= 15 is 0 Å². The van der Waals surface area contributed by atoms with Gasteiger partial charge in [-0.15, -0.1) is 24.0 Å². The number of benzene rings is 1. The molecule has 1 aliphatic heterocycles. The summed E-state index contributed by atoms with van der Waals surface area (Å²) in [5.74, 6) is 2.15. The number of aromatic nitrogens is 2. The van der Waals surface area contributed by atoms with Crippen LogP contribution in [0.15, 0.2) is 33.8 Å². The van der Waals surface area contributed by atoms with Gasteiger partial charge in [-0.1, -0.05) is 24.2 Å². The first-order chi connectivity index (χ1) is 15.3. The first-order valence-corrected chi connectivity index (χ1v) is 11.4. The van der Waals surface area contributed by atoms with Gasteiger partial charge in [0.25, 0.3) is 5.89 Å². The number of aryl methyl sites for hydroxylation is 1. The van der Waals surface area contributed by atoms with E-state index in [4.69, 9.17) is 14.0 Å². The van der Waals surface area contributed by atoms with E-state index < -0.39 is 0 Å². The first kappa shape index (κ1) is 26.5. The summed E-state index contributed by atoms with van der Waals surface area (Å²) in [5, 5.41) is 10.6. The molecule has 0 aliphatic carbocycles. The maximum atomic E-state index is 5.70. The summed E-state index contributed by atoms with van der Waals surface area (Å²) in [7, 11) is 0. The Labute approximate surface area is 208 Å². The lowest BCUT2D eigenvalue weighted by Gasteiger charge is -2.12. The topological polar surface area (TPSA) is 93.8 Å². The number of ether oxygens (including phenoxy) is 2. The van der Waals surface area contributed by atoms with Crippen molar-refractivity contribution in [3.8, 4) is 11.5 Å². The summed E-state index contributed by atoms with van der Waals surface area (Å²) < 4.78 is 16.6. The van der Waals surface area contributed by atoms with Crippen LogP contribution in [0.2, 0.25) is 0 Å². The zero-order valence-corrected chi connectivity index (χ0v) is 21.5. The van der Waals surface area contributed by atoms with Crippen LogP contribution in [0.4, 0.5) is 0 Å². The Bertz CT molecular complexity index is 791. The molecule has 1 aliphatic rings. The van der Waals surface area contributed by atoms with Gasteiger partial charge >= 0.3 is 0 Å². The molecule has 2 heterocycles. The SMILES string of the molecule is CCNC(=NCCCOCC1CCCO1)NCCc1ccc(-c2nc(CC)no2)cc1.I. The van der Waals surface area contributed by atoms with Gasteiger partial charge < -0.3 is 24.6 Å². The lowest BCUT2D eigenvalue weighted by molar-refractivity contribution is 0.0171. The normalized spacial score (nSPS) is 16.1. The van der Waals surface area contributed by atoms with Crippen LogP contribution in [-0.4, -0.2) is 61.7 Å². The largest absolute Gasteiger partial charge is 0.379 e. The molecule has 0 saturated carbocycles. The summed E-state index contributed by atoms with van der Waals surface area (Å²) in [6.07, 6.45) is 5.13. The minimum absolute atomic E-state index is 0. The van der Waals surface area contributed by atoms with Crippen LogP contribution in [0, 0.1) is 0 Å². The molecule has 1 fully saturated rings. The Balaban J connectivity index is 0.00000363. The number of aliphatic imine (C=N–C) groups is 1. The van der Waals surface area contributed by atoms with Crippen molar-refractivity contribution >= 4 is 29.9 Å². The molecule has 1 aromatic carbocycles. The van der Waals surface area contributed by atoms with Gasteiger partial charge in [0.1, 0.15) is 0 Å². The second-order valence-electron chi connectivity index (χ2n) is 7.57. The molecule has 32 heavy (non-hydrogen) atoms. The lowest BCUT2D eigenvalue weighted by atomic mass is 10.1. The van der Waals surface area contributed by atoms with Gasteiger partial charge in [-0.2, -0.15) is 4.98 Å². The molecule has 0 amide bonds. The van der Waals surface area contributed by atoms with Gasteiger partial charge in [0.2, 0.25) is 0 Å². The van der Waals surface area contributed by atoms with Gasteiger partial charge in [0, 0.05) is 44.8 Å². The van der Waals surface area contributed by atoms with Crippen molar-refractivity contribution in [2.45, 2.75) is 52.1 Å². The molecule has 1 aromatic heterocycles. The third-order valence-corrected chi connectivity index (χ3v) is 5.08. The number of nitrogens with one attached hydrogen (secondary N) is 2.